The highest BCUT2D eigenvalue weighted by atomic mass is 28.3. The molecule has 0 unspecified atom stereocenters. The Balaban J connectivity index is 1.36. The Kier molecular flexibility index (Phi) is 6.25. The monoisotopic (exact) mass is 536 g/mol. The second-order valence-electron chi connectivity index (χ2n) is 11.9. The van der Waals surface area contributed by atoms with E-state index in [0.29, 0.717) is 25.7 Å². The van der Waals surface area contributed by atoms with Crippen molar-refractivity contribution >= 4 is 36.2 Å². The fraction of sp³-hybridized carbons (Fsp3) is 0.577. The van der Waals surface area contributed by atoms with Crippen LogP contribution in [0, 0.1) is 0 Å². The van der Waals surface area contributed by atoms with Crippen molar-refractivity contribution in [2.75, 3.05) is 38.3 Å². The standard InChI is InChI=1S/C26H36N8O3Si/c1-26(2)25-29-20-23(32-13-18(14-32)35-3)30-21(31-24(20)34(25)7-8-37-26)17-11-19-22(27-12-17)33(15-28-19)16-36-9-10-38(4,5)6/h11-12,15,18H,7-10,13-14,16H2,1-6H3. The van der Waals surface area contributed by atoms with E-state index in [0.717, 1.165) is 65.3 Å². The molecule has 2 aliphatic rings. The molecule has 1 fully saturated rings. The second kappa shape index (κ2) is 9.37. The topological polar surface area (TPSA) is 105 Å². The number of methoxy groups -OCH3 is 1. The van der Waals surface area contributed by atoms with E-state index in [1.807, 2.05) is 30.7 Å². The first-order valence-corrected chi connectivity index (χ1v) is 16.9. The van der Waals surface area contributed by atoms with Gasteiger partial charge in [0.05, 0.1) is 19.0 Å². The minimum absolute atomic E-state index is 0.190. The first kappa shape index (κ1) is 25.4. The largest absolute Gasteiger partial charge is 0.378 e. The SMILES string of the molecule is COC1CN(c2nc(-c3cnc4c(c3)ncn4COCC[Si](C)(C)C)nc3c2nc2n3CCOC2(C)C)C1. The number of hydrogen-bond donors (Lipinski definition) is 0. The summed E-state index contributed by atoms with van der Waals surface area (Å²) < 4.78 is 21.6. The average molecular weight is 537 g/mol. The van der Waals surface area contributed by atoms with Gasteiger partial charge in [0.15, 0.2) is 28.5 Å². The van der Waals surface area contributed by atoms with Crippen LogP contribution in [0.4, 0.5) is 5.82 Å². The van der Waals surface area contributed by atoms with Gasteiger partial charge in [-0.2, -0.15) is 0 Å². The minimum atomic E-state index is -1.13. The van der Waals surface area contributed by atoms with Crippen LogP contribution in [-0.4, -0.2) is 81.6 Å². The molecule has 0 radical (unpaired) electrons. The summed E-state index contributed by atoms with van der Waals surface area (Å²) in [6, 6.07) is 3.13. The fourth-order valence-electron chi connectivity index (χ4n) is 4.93. The number of ether oxygens (including phenoxy) is 3. The lowest BCUT2D eigenvalue weighted by Gasteiger charge is -2.39. The Bertz CT molecular complexity index is 1490. The lowest BCUT2D eigenvalue weighted by Crippen LogP contribution is -2.52. The normalized spacial score (nSPS) is 17.8. The smallest absolute Gasteiger partial charge is 0.166 e. The lowest BCUT2D eigenvalue weighted by molar-refractivity contribution is -0.0530. The number of anilines is 1. The summed E-state index contributed by atoms with van der Waals surface area (Å²) in [6.45, 7) is 15.2. The van der Waals surface area contributed by atoms with Crippen LogP contribution < -0.4 is 4.90 Å². The van der Waals surface area contributed by atoms with Crippen molar-refractivity contribution in [3.8, 4) is 11.4 Å². The number of rotatable bonds is 8. The van der Waals surface area contributed by atoms with Crippen molar-refractivity contribution in [2.45, 2.75) is 64.5 Å². The van der Waals surface area contributed by atoms with Crippen LogP contribution >= 0.6 is 0 Å². The number of nitrogens with zero attached hydrogens (tertiary/aromatic N) is 8. The van der Waals surface area contributed by atoms with Crippen molar-refractivity contribution in [1.82, 2.24) is 34.1 Å². The molecule has 202 valence electrons. The van der Waals surface area contributed by atoms with Gasteiger partial charge in [0.25, 0.3) is 0 Å². The third kappa shape index (κ3) is 4.59. The van der Waals surface area contributed by atoms with E-state index in [2.05, 4.69) is 34.1 Å². The molecule has 0 atom stereocenters. The molecule has 0 aromatic carbocycles. The average Bonchev–Trinajstić information content (AvgIpc) is 3.42. The molecule has 6 rings (SSSR count). The molecule has 0 bridgehead atoms. The predicted molar refractivity (Wildman–Crippen MR) is 148 cm³/mol. The molecule has 4 aromatic heterocycles. The third-order valence-corrected chi connectivity index (χ3v) is 9.02. The summed E-state index contributed by atoms with van der Waals surface area (Å²) in [5.41, 5.74) is 3.51. The highest BCUT2D eigenvalue weighted by molar-refractivity contribution is 6.76. The van der Waals surface area contributed by atoms with E-state index >= 15 is 0 Å². The molecule has 0 spiro atoms. The van der Waals surface area contributed by atoms with E-state index in [1.54, 1.807) is 13.4 Å². The summed E-state index contributed by atoms with van der Waals surface area (Å²) in [5.74, 6) is 2.30. The summed E-state index contributed by atoms with van der Waals surface area (Å²) >= 11 is 0. The number of imidazole rings is 2. The maximum atomic E-state index is 6.02. The van der Waals surface area contributed by atoms with Crippen LogP contribution in [0.15, 0.2) is 18.6 Å². The Hall–Kier alpha value is -2.93. The van der Waals surface area contributed by atoms with Gasteiger partial charge in [-0.15, -0.1) is 0 Å². The highest BCUT2D eigenvalue weighted by Crippen LogP contribution is 2.36. The molecule has 12 heteroatoms. The van der Waals surface area contributed by atoms with Crippen molar-refractivity contribution in [3.63, 3.8) is 0 Å². The highest BCUT2D eigenvalue weighted by Gasteiger charge is 2.36. The van der Waals surface area contributed by atoms with Crippen LogP contribution in [0.3, 0.4) is 0 Å². The summed E-state index contributed by atoms with van der Waals surface area (Å²) in [6.07, 6.45) is 3.80. The molecule has 0 N–H and O–H groups in total. The van der Waals surface area contributed by atoms with Crippen LogP contribution in [0.5, 0.6) is 0 Å². The zero-order chi connectivity index (χ0) is 26.7. The Morgan fingerprint density at radius 3 is 2.68 bits per heavy atom. The van der Waals surface area contributed by atoms with Crippen molar-refractivity contribution in [2.24, 2.45) is 0 Å². The van der Waals surface area contributed by atoms with Crippen LogP contribution in [0.25, 0.3) is 33.7 Å². The molecule has 0 amide bonds. The molecule has 2 aliphatic heterocycles. The quantitative estimate of drug-likeness (QED) is 0.246. The van der Waals surface area contributed by atoms with E-state index in [-0.39, 0.29) is 6.10 Å². The molecule has 11 nitrogen and oxygen atoms in total. The summed E-state index contributed by atoms with van der Waals surface area (Å²) in [4.78, 5) is 26.5. The molecular weight excluding hydrogens is 500 g/mol. The predicted octanol–water partition coefficient (Wildman–Crippen LogP) is 3.65. The third-order valence-electron chi connectivity index (χ3n) is 7.31. The van der Waals surface area contributed by atoms with Gasteiger partial charge in [0.1, 0.15) is 23.7 Å². The van der Waals surface area contributed by atoms with E-state index < -0.39 is 13.7 Å². The van der Waals surface area contributed by atoms with Gasteiger partial charge in [-0.05, 0) is 26.0 Å². The van der Waals surface area contributed by atoms with Gasteiger partial charge in [0.2, 0.25) is 0 Å². The van der Waals surface area contributed by atoms with E-state index in [4.69, 9.17) is 34.1 Å². The van der Waals surface area contributed by atoms with E-state index in [1.165, 1.54) is 0 Å². The molecule has 4 aromatic rings. The maximum Gasteiger partial charge on any atom is 0.166 e. The first-order valence-electron chi connectivity index (χ1n) is 13.2. The van der Waals surface area contributed by atoms with Crippen molar-refractivity contribution < 1.29 is 14.2 Å². The van der Waals surface area contributed by atoms with Gasteiger partial charge in [-0.3, -0.25) is 4.57 Å². The Labute approximate surface area is 223 Å². The van der Waals surface area contributed by atoms with Gasteiger partial charge in [0, 0.05) is 53.2 Å². The van der Waals surface area contributed by atoms with Crippen LogP contribution in [-0.2, 0) is 33.1 Å². The molecule has 1 saturated heterocycles. The van der Waals surface area contributed by atoms with Gasteiger partial charge in [-0.1, -0.05) is 19.6 Å². The lowest BCUT2D eigenvalue weighted by atomic mass is 10.1. The number of fused-ring (bicyclic) bond motifs is 4. The molecule has 38 heavy (non-hydrogen) atoms. The zero-order valence-electron chi connectivity index (χ0n) is 23.1. The Morgan fingerprint density at radius 1 is 1.11 bits per heavy atom. The van der Waals surface area contributed by atoms with Crippen molar-refractivity contribution in [3.05, 3.63) is 24.4 Å². The molecular formula is C26H36N8O3Si. The van der Waals surface area contributed by atoms with E-state index in [9.17, 15) is 0 Å². The number of pyridine rings is 1. The second-order valence-corrected chi connectivity index (χ2v) is 17.5. The fourth-order valence-corrected chi connectivity index (χ4v) is 5.69. The maximum absolute atomic E-state index is 6.02. The van der Waals surface area contributed by atoms with Crippen LogP contribution in [0.2, 0.25) is 25.7 Å². The van der Waals surface area contributed by atoms with Gasteiger partial charge < -0.3 is 23.7 Å². The minimum Gasteiger partial charge on any atom is -0.378 e. The number of aromatic nitrogens is 7. The molecule has 0 aliphatic carbocycles. The van der Waals surface area contributed by atoms with Gasteiger partial charge >= 0.3 is 0 Å². The summed E-state index contributed by atoms with van der Waals surface area (Å²) in [7, 11) is 0.615. The first-order chi connectivity index (χ1) is 18.1. The number of hydrogen-bond acceptors (Lipinski definition) is 9. The zero-order valence-corrected chi connectivity index (χ0v) is 24.1. The summed E-state index contributed by atoms with van der Waals surface area (Å²) in [5, 5.41) is 0. The van der Waals surface area contributed by atoms with Crippen molar-refractivity contribution in [1.29, 1.82) is 0 Å². The Morgan fingerprint density at radius 2 is 1.92 bits per heavy atom. The van der Waals surface area contributed by atoms with Gasteiger partial charge in [-0.25, -0.2) is 24.9 Å². The molecule has 6 heterocycles. The van der Waals surface area contributed by atoms with Crippen LogP contribution in [0.1, 0.15) is 19.7 Å². The molecule has 0 saturated carbocycles.